The molecule has 0 aromatic heterocycles. The zero-order valence-electron chi connectivity index (χ0n) is 17.7. The number of piperazine rings is 1. The Morgan fingerprint density at radius 2 is 1.83 bits per heavy atom. The number of anilines is 1. The van der Waals surface area contributed by atoms with Crippen LogP contribution in [0, 0.1) is 6.92 Å². The molecule has 1 fully saturated rings. The van der Waals surface area contributed by atoms with Crippen molar-refractivity contribution in [1.82, 2.24) is 9.80 Å². The summed E-state index contributed by atoms with van der Waals surface area (Å²) < 4.78 is 0. The predicted molar refractivity (Wildman–Crippen MR) is 130 cm³/mol. The van der Waals surface area contributed by atoms with Gasteiger partial charge in [-0.3, -0.25) is 4.90 Å². The molecule has 1 heterocycles. The largest absolute Gasteiger partial charge is 0.346 e. The van der Waals surface area contributed by atoms with E-state index >= 15 is 0 Å². The van der Waals surface area contributed by atoms with Crippen molar-refractivity contribution in [3.05, 3.63) is 71.3 Å². The van der Waals surface area contributed by atoms with E-state index in [9.17, 15) is 0 Å². The monoisotopic (exact) mass is 407 g/mol. The summed E-state index contributed by atoms with van der Waals surface area (Å²) in [7, 11) is 0. The van der Waals surface area contributed by atoms with E-state index in [0.29, 0.717) is 0 Å². The van der Waals surface area contributed by atoms with Crippen molar-refractivity contribution >= 4 is 29.1 Å². The second-order valence-electron chi connectivity index (χ2n) is 7.78. The molecule has 3 nitrogen and oxygen atoms in total. The number of hydrogen-bond donors (Lipinski definition) is 1. The van der Waals surface area contributed by atoms with Crippen LogP contribution in [0.15, 0.2) is 54.6 Å². The molecule has 0 unspecified atom stereocenters. The van der Waals surface area contributed by atoms with Gasteiger partial charge in [0.05, 0.1) is 0 Å². The number of aryl methyl sites for hydroxylation is 2. The van der Waals surface area contributed by atoms with Crippen molar-refractivity contribution in [1.29, 1.82) is 0 Å². The minimum absolute atomic E-state index is 0.842. The molecule has 0 amide bonds. The van der Waals surface area contributed by atoms with Crippen LogP contribution < -0.4 is 5.32 Å². The molecule has 1 aliphatic heterocycles. The molecule has 1 saturated heterocycles. The minimum Gasteiger partial charge on any atom is -0.346 e. The van der Waals surface area contributed by atoms with Crippen LogP contribution in [0.1, 0.15) is 36.5 Å². The first-order valence-electron chi connectivity index (χ1n) is 10.7. The van der Waals surface area contributed by atoms with Gasteiger partial charge in [0.2, 0.25) is 0 Å². The number of rotatable bonds is 7. The second kappa shape index (κ2) is 11.1. The lowest BCUT2D eigenvalue weighted by atomic mass is 10.0. The molecule has 2 aromatic carbocycles. The zero-order chi connectivity index (χ0) is 20.5. The number of unbranched alkanes of at least 4 members (excludes halogenated alkanes) is 1. The molecule has 0 atom stereocenters. The fourth-order valence-electron chi connectivity index (χ4n) is 3.63. The van der Waals surface area contributed by atoms with Gasteiger partial charge in [-0.15, -0.1) is 0 Å². The third-order valence-corrected chi connectivity index (χ3v) is 5.84. The SMILES string of the molecule is CCCCc1ccc(NC(=S)N2CCN(CC=Cc3ccccc3)CC2)c(C)c1. The van der Waals surface area contributed by atoms with Gasteiger partial charge in [0.15, 0.2) is 5.11 Å². The Kier molecular flexibility index (Phi) is 8.26. The smallest absolute Gasteiger partial charge is 0.173 e. The van der Waals surface area contributed by atoms with Gasteiger partial charge in [0.25, 0.3) is 0 Å². The van der Waals surface area contributed by atoms with Crippen molar-refractivity contribution in [2.24, 2.45) is 0 Å². The number of hydrogen-bond acceptors (Lipinski definition) is 2. The van der Waals surface area contributed by atoms with Crippen molar-refractivity contribution < 1.29 is 0 Å². The van der Waals surface area contributed by atoms with E-state index in [0.717, 1.165) is 49.9 Å². The van der Waals surface area contributed by atoms with E-state index in [1.54, 1.807) is 0 Å². The fourth-order valence-corrected chi connectivity index (χ4v) is 3.92. The topological polar surface area (TPSA) is 18.5 Å². The molecule has 2 aromatic rings. The Bertz CT molecular complexity index is 808. The van der Waals surface area contributed by atoms with Crippen LogP contribution in [0.2, 0.25) is 0 Å². The number of nitrogens with one attached hydrogen (secondary N) is 1. The summed E-state index contributed by atoms with van der Waals surface area (Å²) in [5, 5.41) is 4.31. The molecule has 1 aliphatic rings. The summed E-state index contributed by atoms with van der Waals surface area (Å²) in [4.78, 5) is 4.77. The summed E-state index contributed by atoms with van der Waals surface area (Å²) >= 11 is 5.69. The number of thiocarbonyl (C=S) groups is 1. The maximum absolute atomic E-state index is 5.69. The molecule has 0 spiro atoms. The van der Waals surface area contributed by atoms with E-state index in [1.165, 1.54) is 29.5 Å². The van der Waals surface area contributed by atoms with Gasteiger partial charge in [-0.05, 0) is 54.7 Å². The van der Waals surface area contributed by atoms with Gasteiger partial charge in [0.1, 0.15) is 0 Å². The maximum atomic E-state index is 5.69. The van der Waals surface area contributed by atoms with Crippen LogP contribution in [0.25, 0.3) is 6.08 Å². The molecular formula is C25H33N3S. The summed E-state index contributed by atoms with van der Waals surface area (Å²) in [5.41, 5.74) is 5.07. The van der Waals surface area contributed by atoms with Crippen LogP contribution in [-0.2, 0) is 6.42 Å². The highest BCUT2D eigenvalue weighted by molar-refractivity contribution is 7.80. The molecule has 1 N–H and O–H groups in total. The first-order chi connectivity index (χ1) is 14.2. The van der Waals surface area contributed by atoms with Gasteiger partial charge in [-0.25, -0.2) is 0 Å². The molecule has 154 valence electrons. The molecule has 0 bridgehead atoms. The quantitative estimate of drug-likeness (QED) is 0.622. The molecule has 0 radical (unpaired) electrons. The highest BCUT2D eigenvalue weighted by Crippen LogP contribution is 2.19. The number of nitrogens with zero attached hydrogens (tertiary/aromatic N) is 2. The Morgan fingerprint density at radius 3 is 2.52 bits per heavy atom. The summed E-state index contributed by atoms with van der Waals surface area (Å²) in [6.07, 6.45) is 8.09. The lowest BCUT2D eigenvalue weighted by Crippen LogP contribution is -2.49. The van der Waals surface area contributed by atoms with Crippen LogP contribution in [-0.4, -0.2) is 47.6 Å². The third kappa shape index (κ3) is 6.69. The van der Waals surface area contributed by atoms with E-state index in [2.05, 4.69) is 89.6 Å². The van der Waals surface area contributed by atoms with E-state index in [4.69, 9.17) is 12.2 Å². The Labute approximate surface area is 181 Å². The van der Waals surface area contributed by atoms with Gasteiger partial charge in [-0.2, -0.15) is 0 Å². The Balaban J connectivity index is 1.44. The first kappa shape index (κ1) is 21.5. The molecule has 3 rings (SSSR count). The molecule has 29 heavy (non-hydrogen) atoms. The lowest BCUT2D eigenvalue weighted by Gasteiger charge is -2.35. The normalized spacial score (nSPS) is 15.0. The summed E-state index contributed by atoms with van der Waals surface area (Å²) in [6.45, 7) is 9.41. The Morgan fingerprint density at radius 1 is 1.07 bits per heavy atom. The zero-order valence-corrected chi connectivity index (χ0v) is 18.5. The van der Waals surface area contributed by atoms with Crippen LogP contribution >= 0.6 is 12.2 Å². The average Bonchev–Trinajstić information content (AvgIpc) is 2.75. The second-order valence-corrected chi connectivity index (χ2v) is 8.17. The van der Waals surface area contributed by atoms with Gasteiger partial charge < -0.3 is 10.2 Å². The van der Waals surface area contributed by atoms with Crippen molar-refractivity contribution in [3.8, 4) is 0 Å². The minimum atomic E-state index is 0.842. The van der Waals surface area contributed by atoms with Gasteiger partial charge in [-0.1, -0.05) is 68.0 Å². The first-order valence-corrected chi connectivity index (χ1v) is 11.2. The summed E-state index contributed by atoms with van der Waals surface area (Å²) in [5.74, 6) is 0. The van der Waals surface area contributed by atoms with Crippen molar-refractivity contribution in [2.75, 3.05) is 38.0 Å². The van der Waals surface area contributed by atoms with Gasteiger partial charge >= 0.3 is 0 Å². The third-order valence-electron chi connectivity index (χ3n) is 5.48. The number of benzene rings is 2. The predicted octanol–water partition coefficient (Wildman–Crippen LogP) is 5.37. The maximum Gasteiger partial charge on any atom is 0.173 e. The highest BCUT2D eigenvalue weighted by atomic mass is 32.1. The standard InChI is InChI=1S/C25H33N3S/c1-3-4-9-23-13-14-24(21(2)20-23)26-25(29)28-18-16-27(17-19-28)15-8-12-22-10-6-5-7-11-22/h5-8,10-14,20H,3-4,9,15-19H2,1-2H3,(H,26,29). The van der Waals surface area contributed by atoms with E-state index in [1.807, 2.05) is 0 Å². The molecule has 0 aliphatic carbocycles. The molecule has 0 saturated carbocycles. The van der Waals surface area contributed by atoms with Crippen LogP contribution in [0.3, 0.4) is 0 Å². The van der Waals surface area contributed by atoms with E-state index in [-0.39, 0.29) is 0 Å². The van der Waals surface area contributed by atoms with Gasteiger partial charge in [0, 0.05) is 38.4 Å². The average molecular weight is 408 g/mol. The van der Waals surface area contributed by atoms with Crippen LogP contribution in [0.5, 0.6) is 0 Å². The lowest BCUT2D eigenvalue weighted by molar-refractivity contribution is 0.200. The fraction of sp³-hybridized carbons (Fsp3) is 0.400. The van der Waals surface area contributed by atoms with Crippen LogP contribution in [0.4, 0.5) is 5.69 Å². The van der Waals surface area contributed by atoms with Crippen molar-refractivity contribution in [3.63, 3.8) is 0 Å². The molecule has 4 heteroatoms. The van der Waals surface area contributed by atoms with Crippen molar-refractivity contribution in [2.45, 2.75) is 33.1 Å². The highest BCUT2D eigenvalue weighted by Gasteiger charge is 2.18. The van der Waals surface area contributed by atoms with E-state index < -0.39 is 0 Å². The Hall–Kier alpha value is -2.17. The summed E-state index contributed by atoms with van der Waals surface area (Å²) in [6, 6.07) is 17.2. The molecular weight excluding hydrogens is 374 g/mol.